The van der Waals surface area contributed by atoms with E-state index in [4.69, 9.17) is 48.6 Å². The van der Waals surface area contributed by atoms with Gasteiger partial charge in [0.1, 0.15) is 19.0 Å². The second-order valence-corrected chi connectivity index (χ2v) is 6.57. The van der Waals surface area contributed by atoms with Crippen LogP contribution in [0.4, 0.5) is 0 Å². The third kappa shape index (κ3) is 6.47. The Balaban J connectivity index is 1.94. The van der Waals surface area contributed by atoms with Gasteiger partial charge in [-0.1, -0.05) is 41.3 Å². The Morgan fingerprint density at radius 1 is 1.17 bits per heavy atom. The zero-order valence-electron chi connectivity index (χ0n) is 16.0. The van der Waals surface area contributed by atoms with Gasteiger partial charge in [0, 0.05) is 17.2 Å². The summed E-state index contributed by atoms with van der Waals surface area (Å²) in [5, 5.41) is 3.68. The lowest BCUT2D eigenvalue weighted by molar-refractivity contribution is -0.132. The molecule has 0 bridgehead atoms. The molecule has 29 heavy (non-hydrogen) atoms. The van der Waals surface area contributed by atoms with Gasteiger partial charge in [0.25, 0.3) is 5.91 Å². The summed E-state index contributed by atoms with van der Waals surface area (Å²) >= 11 is 12.0. The molecule has 0 aliphatic heterocycles. The van der Waals surface area contributed by atoms with Crippen LogP contribution in [0, 0.1) is 12.3 Å². The van der Waals surface area contributed by atoms with E-state index in [0.29, 0.717) is 32.9 Å². The van der Waals surface area contributed by atoms with Crippen LogP contribution in [0.25, 0.3) is 0 Å². The van der Waals surface area contributed by atoms with E-state index in [1.54, 1.807) is 36.4 Å². The highest BCUT2D eigenvalue weighted by atomic mass is 35.5. The van der Waals surface area contributed by atoms with Crippen LogP contribution in [-0.2, 0) is 9.53 Å². The van der Waals surface area contributed by atoms with Gasteiger partial charge in [-0.05, 0) is 17.7 Å². The highest BCUT2D eigenvalue weighted by Gasteiger charge is 2.21. The minimum Gasteiger partial charge on any atom is -0.493 e. The van der Waals surface area contributed by atoms with Gasteiger partial charge in [-0.2, -0.15) is 0 Å². The topological polar surface area (TPSA) is 66.0 Å². The number of hydrogen-bond donors (Lipinski definition) is 1. The summed E-state index contributed by atoms with van der Waals surface area (Å²) < 4.78 is 21.5. The molecule has 2 aromatic rings. The number of benzene rings is 2. The Morgan fingerprint density at radius 3 is 2.52 bits per heavy atom. The fourth-order valence-corrected chi connectivity index (χ4v) is 2.91. The minimum absolute atomic E-state index is 0.00134. The SMILES string of the molecule is C#CCOC(C(=O)NCCOc1cc(Cl)c(OC)c(OC)c1)c1ccc(Cl)cc1. The molecule has 0 heterocycles. The summed E-state index contributed by atoms with van der Waals surface area (Å²) in [6.07, 6.45) is 4.40. The molecule has 0 spiro atoms. The summed E-state index contributed by atoms with van der Waals surface area (Å²) in [5.41, 5.74) is 0.648. The monoisotopic (exact) mass is 437 g/mol. The first-order valence-corrected chi connectivity index (χ1v) is 9.38. The van der Waals surface area contributed by atoms with Crippen LogP contribution < -0.4 is 19.5 Å². The molecule has 8 heteroatoms. The van der Waals surface area contributed by atoms with E-state index < -0.39 is 6.10 Å². The highest BCUT2D eigenvalue weighted by molar-refractivity contribution is 6.32. The first-order chi connectivity index (χ1) is 14.0. The number of carbonyl (C=O) groups excluding carboxylic acids is 1. The van der Waals surface area contributed by atoms with Crippen molar-refractivity contribution >= 4 is 29.1 Å². The molecule has 1 N–H and O–H groups in total. The van der Waals surface area contributed by atoms with Gasteiger partial charge in [-0.15, -0.1) is 6.42 Å². The van der Waals surface area contributed by atoms with Crippen molar-refractivity contribution in [3.05, 3.63) is 52.0 Å². The van der Waals surface area contributed by atoms with E-state index in [9.17, 15) is 4.79 Å². The van der Waals surface area contributed by atoms with E-state index in [0.717, 1.165) is 0 Å². The van der Waals surface area contributed by atoms with Crippen molar-refractivity contribution in [3.8, 4) is 29.6 Å². The largest absolute Gasteiger partial charge is 0.493 e. The summed E-state index contributed by atoms with van der Waals surface area (Å²) in [5.74, 6) is 3.38. The number of nitrogens with one attached hydrogen (secondary N) is 1. The van der Waals surface area contributed by atoms with Crippen molar-refractivity contribution in [2.24, 2.45) is 0 Å². The minimum atomic E-state index is -0.848. The Bertz CT molecular complexity index is 865. The van der Waals surface area contributed by atoms with E-state index in [2.05, 4.69) is 11.2 Å². The third-order valence-corrected chi connectivity index (χ3v) is 4.35. The molecule has 2 aromatic carbocycles. The quantitative estimate of drug-likeness (QED) is 0.450. The molecule has 1 amide bonds. The van der Waals surface area contributed by atoms with Gasteiger partial charge < -0.3 is 24.3 Å². The summed E-state index contributed by atoms with van der Waals surface area (Å²) in [6, 6.07) is 10.0. The van der Waals surface area contributed by atoms with Crippen molar-refractivity contribution in [1.82, 2.24) is 5.32 Å². The normalized spacial score (nSPS) is 11.3. The average molecular weight is 438 g/mol. The molecule has 0 aliphatic carbocycles. The number of hydrogen-bond acceptors (Lipinski definition) is 5. The Labute approximate surface area is 180 Å². The lowest BCUT2D eigenvalue weighted by atomic mass is 10.1. The maximum absolute atomic E-state index is 12.5. The number of halogens is 2. The van der Waals surface area contributed by atoms with Crippen molar-refractivity contribution in [2.45, 2.75) is 6.10 Å². The molecule has 0 aliphatic rings. The highest BCUT2D eigenvalue weighted by Crippen LogP contribution is 2.38. The van der Waals surface area contributed by atoms with Gasteiger partial charge in [0.05, 0.1) is 25.8 Å². The molecular weight excluding hydrogens is 417 g/mol. The number of rotatable bonds is 10. The summed E-state index contributed by atoms with van der Waals surface area (Å²) in [7, 11) is 3.00. The summed E-state index contributed by atoms with van der Waals surface area (Å²) in [6.45, 7) is 0.454. The molecule has 0 saturated heterocycles. The maximum atomic E-state index is 12.5. The Hall–Kier alpha value is -2.59. The van der Waals surface area contributed by atoms with E-state index in [1.807, 2.05) is 0 Å². The molecule has 6 nitrogen and oxygen atoms in total. The van der Waals surface area contributed by atoms with Crippen LogP contribution in [0.3, 0.4) is 0 Å². The number of carbonyl (C=O) groups is 1. The fourth-order valence-electron chi connectivity index (χ4n) is 2.51. The van der Waals surface area contributed by atoms with Gasteiger partial charge in [0.2, 0.25) is 0 Å². The van der Waals surface area contributed by atoms with E-state index in [1.165, 1.54) is 14.2 Å². The van der Waals surface area contributed by atoms with Crippen molar-refractivity contribution in [3.63, 3.8) is 0 Å². The summed E-state index contributed by atoms with van der Waals surface area (Å²) in [4.78, 5) is 12.5. The Kier molecular flexibility index (Phi) is 8.94. The molecular formula is C21H21Cl2NO5. The average Bonchev–Trinajstić information content (AvgIpc) is 2.72. The van der Waals surface area contributed by atoms with Crippen LogP contribution in [0.15, 0.2) is 36.4 Å². The number of methoxy groups -OCH3 is 2. The van der Waals surface area contributed by atoms with Crippen LogP contribution >= 0.6 is 23.2 Å². The van der Waals surface area contributed by atoms with Crippen LogP contribution in [0.1, 0.15) is 11.7 Å². The molecule has 0 radical (unpaired) electrons. The molecule has 2 rings (SSSR count). The zero-order chi connectivity index (χ0) is 21.2. The molecule has 0 saturated carbocycles. The van der Waals surface area contributed by atoms with Gasteiger partial charge in [-0.3, -0.25) is 4.79 Å². The van der Waals surface area contributed by atoms with Crippen molar-refractivity contribution < 1.29 is 23.7 Å². The second-order valence-electron chi connectivity index (χ2n) is 5.73. The first-order valence-electron chi connectivity index (χ1n) is 8.62. The van der Waals surface area contributed by atoms with Crippen LogP contribution in [-0.4, -0.2) is 39.9 Å². The smallest absolute Gasteiger partial charge is 0.253 e. The molecule has 0 aromatic heterocycles. The number of amides is 1. The Morgan fingerprint density at radius 2 is 1.90 bits per heavy atom. The second kappa shape index (κ2) is 11.4. The van der Waals surface area contributed by atoms with Crippen LogP contribution in [0.5, 0.6) is 17.2 Å². The molecule has 1 unspecified atom stereocenters. The maximum Gasteiger partial charge on any atom is 0.253 e. The predicted octanol–water partition coefficient (Wildman–Crippen LogP) is 3.90. The first kappa shape index (κ1) is 22.7. The number of ether oxygens (including phenoxy) is 4. The van der Waals surface area contributed by atoms with E-state index >= 15 is 0 Å². The van der Waals surface area contributed by atoms with Crippen LogP contribution in [0.2, 0.25) is 10.0 Å². The predicted molar refractivity (Wildman–Crippen MR) is 112 cm³/mol. The van der Waals surface area contributed by atoms with Crippen molar-refractivity contribution in [1.29, 1.82) is 0 Å². The number of terminal acetylenes is 1. The molecule has 154 valence electrons. The molecule has 0 fully saturated rings. The van der Waals surface area contributed by atoms with Gasteiger partial charge in [-0.25, -0.2) is 0 Å². The van der Waals surface area contributed by atoms with Gasteiger partial charge in [0.15, 0.2) is 17.6 Å². The fraction of sp³-hybridized carbons (Fsp3) is 0.286. The lowest BCUT2D eigenvalue weighted by Gasteiger charge is -2.17. The molecule has 1 atom stereocenters. The van der Waals surface area contributed by atoms with Gasteiger partial charge >= 0.3 is 0 Å². The van der Waals surface area contributed by atoms with Crippen molar-refractivity contribution in [2.75, 3.05) is 34.0 Å². The van der Waals surface area contributed by atoms with E-state index in [-0.39, 0.29) is 25.7 Å². The third-order valence-electron chi connectivity index (χ3n) is 3.82. The lowest BCUT2D eigenvalue weighted by Crippen LogP contribution is -2.34. The standard InChI is InChI=1S/C21H21Cl2NO5/c1-4-10-29-19(14-5-7-15(22)8-6-14)21(25)24-9-11-28-16-12-17(23)20(27-3)18(13-16)26-2/h1,5-8,12-13,19H,9-11H2,2-3H3,(H,24,25). The zero-order valence-corrected chi connectivity index (χ0v) is 17.5.